The fraction of sp³-hybridized carbons (Fsp3) is 0.385. The predicted molar refractivity (Wildman–Crippen MR) is 69.3 cm³/mol. The van der Waals surface area contributed by atoms with Gasteiger partial charge in [0.1, 0.15) is 18.5 Å². The molecule has 2 atom stereocenters. The molecule has 0 saturated heterocycles. The lowest BCUT2D eigenvalue weighted by atomic mass is 10.3. The summed E-state index contributed by atoms with van der Waals surface area (Å²) in [5, 5.41) is 13.2. The van der Waals surface area contributed by atoms with Gasteiger partial charge in [0.2, 0.25) is 0 Å². The number of halogens is 1. The highest BCUT2D eigenvalue weighted by atomic mass is 35.5. The Morgan fingerprint density at radius 1 is 1.53 bits per heavy atom. The molecule has 1 rings (SSSR count). The van der Waals surface area contributed by atoms with E-state index in [-0.39, 0.29) is 12.6 Å². The van der Waals surface area contributed by atoms with E-state index in [2.05, 4.69) is 11.2 Å². The SMILES string of the molecule is C#CC(C)NCC(O)COc1ccccc1Cl. The van der Waals surface area contributed by atoms with Crippen LogP contribution in [0.5, 0.6) is 5.75 Å². The normalized spacial score (nSPS) is 13.8. The van der Waals surface area contributed by atoms with E-state index in [4.69, 9.17) is 22.8 Å². The van der Waals surface area contributed by atoms with Gasteiger partial charge in [-0.05, 0) is 19.1 Å². The van der Waals surface area contributed by atoms with Crippen LogP contribution >= 0.6 is 11.6 Å². The van der Waals surface area contributed by atoms with Crippen molar-refractivity contribution < 1.29 is 9.84 Å². The zero-order chi connectivity index (χ0) is 12.7. The predicted octanol–water partition coefficient (Wildman–Crippen LogP) is 1.69. The monoisotopic (exact) mass is 253 g/mol. The van der Waals surface area contributed by atoms with Crippen LogP contribution in [0.3, 0.4) is 0 Å². The van der Waals surface area contributed by atoms with E-state index in [1.807, 2.05) is 19.1 Å². The molecule has 17 heavy (non-hydrogen) atoms. The molecule has 0 aromatic heterocycles. The van der Waals surface area contributed by atoms with Gasteiger partial charge >= 0.3 is 0 Å². The third-order valence-electron chi connectivity index (χ3n) is 2.18. The maximum atomic E-state index is 9.65. The lowest BCUT2D eigenvalue weighted by Gasteiger charge is -2.15. The summed E-state index contributed by atoms with van der Waals surface area (Å²) in [5.74, 6) is 3.09. The number of terminal acetylenes is 1. The number of para-hydroxylation sites is 1. The number of benzene rings is 1. The standard InChI is InChI=1S/C13H16ClNO2/c1-3-10(2)15-8-11(16)9-17-13-7-5-4-6-12(13)14/h1,4-7,10-11,15-16H,8-9H2,2H3. The van der Waals surface area contributed by atoms with Gasteiger partial charge in [0, 0.05) is 6.54 Å². The first-order chi connectivity index (χ1) is 8.13. The average molecular weight is 254 g/mol. The molecule has 1 aromatic carbocycles. The van der Waals surface area contributed by atoms with Crippen molar-refractivity contribution in [3.05, 3.63) is 29.3 Å². The van der Waals surface area contributed by atoms with Crippen molar-refractivity contribution in [2.45, 2.75) is 19.1 Å². The summed E-state index contributed by atoms with van der Waals surface area (Å²) in [4.78, 5) is 0. The van der Waals surface area contributed by atoms with Gasteiger partial charge in [0.15, 0.2) is 0 Å². The zero-order valence-corrected chi connectivity index (χ0v) is 10.4. The molecule has 0 spiro atoms. The lowest BCUT2D eigenvalue weighted by Crippen LogP contribution is -2.35. The van der Waals surface area contributed by atoms with E-state index < -0.39 is 6.10 Å². The molecule has 3 nitrogen and oxygen atoms in total. The van der Waals surface area contributed by atoms with E-state index in [0.29, 0.717) is 17.3 Å². The van der Waals surface area contributed by atoms with Crippen molar-refractivity contribution in [1.29, 1.82) is 0 Å². The Morgan fingerprint density at radius 3 is 2.88 bits per heavy atom. The number of nitrogens with one attached hydrogen (secondary N) is 1. The van der Waals surface area contributed by atoms with Gasteiger partial charge in [-0.2, -0.15) is 0 Å². The van der Waals surface area contributed by atoms with E-state index >= 15 is 0 Å². The molecule has 0 bridgehead atoms. The maximum absolute atomic E-state index is 9.65. The van der Waals surface area contributed by atoms with Gasteiger partial charge in [-0.3, -0.25) is 0 Å². The Morgan fingerprint density at radius 2 is 2.24 bits per heavy atom. The largest absolute Gasteiger partial charge is 0.489 e. The molecule has 0 radical (unpaired) electrons. The quantitative estimate of drug-likeness (QED) is 0.759. The topological polar surface area (TPSA) is 41.5 Å². The molecule has 2 unspecified atom stereocenters. The second-order valence-corrected chi connectivity index (χ2v) is 4.10. The first-order valence-corrected chi connectivity index (χ1v) is 5.76. The van der Waals surface area contributed by atoms with Crippen LogP contribution in [0.4, 0.5) is 0 Å². The van der Waals surface area contributed by atoms with Crippen LogP contribution in [-0.2, 0) is 0 Å². The van der Waals surface area contributed by atoms with Crippen molar-refractivity contribution >= 4 is 11.6 Å². The van der Waals surface area contributed by atoms with E-state index in [1.54, 1.807) is 12.1 Å². The highest BCUT2D eigenvalue weighted by Crippen LogP contribution is 2.22. The second-order valence-electron chi connectivity index (χ2n) is 3.69. The molecular weight excluding hydrogens is 238 g/mol. The molecule has 0 amide bonds. The Kier molecular flexibility index (Phi) is 5.85. The van der Waals surface area contributed by atoms with Gasteiger partial charge in [-0.15, -0.1) is 6.42 Å². The second kappa shape index (κ2) is 7.18. The Balaban J connectivity index is 2.31. The van der Waals surface area contributed by atoms with Gasteiger partial charge in [-0.25, -0.2) is 0 Å². The first-order valence-electron chi connectivity index (χ1n) is 5.38. The molecular formula is C13H16ClNO2. The van der Waals surface area contributed by atoms with Crippen LogP contribution in [-0.4, -0.2) is 30.4 Å². The van der Waals surface area contributed by atoms with Crippen LogP contribution < -0.4 is 10.1 Å². The Bertz CT molecular complexity index is 389. The third kappa shape index (κ3) is 5.10. The van der Waals surface area contributed by atoms with Gasteiger partial charge in [0.05, 0.1) is 11.1 Å². The lowest BCUT2D eigenvalue weighted by molar-refractivity contribution is 0.105. The summed E-state index contributed by atoms with van der Waals surface area (Å²) in [5.41, 5.74) is 0. The summed E-state index contributed by atoms with van der Waals surface area (Å²) in [6, 6.07) is 7.08. The van der Waals surface area contributed by atoms with Crippen LogP contribution in [0.25, 0.3) is 0 Å². The van der Waals surface area contributed by atoms with Gasteiger partial charge in [-0.1, -0.05) is 29.7 Å². The Hall–Kier alpha value is -1.21. The third-order valence-corrected chi connectivity index (χ3v) is 2.49. The summed E-state index contributed by atoms with van der Waals surface area (Å²) in [7, 11) is 0. The van der Waals surface area contributed by atoms with Crippen LogP contribution in [0.15, 0.2) is 24.3 Å². The minimum Gasteiger partial charge on any atom is -0.489 e. The molecule has 0 fully saturated rings. The molecule has 0 heterocycles. The molecule has 0 saturated carbocycles. The number of rotatable bonds is 6. The maximum Gasteiger partial charge on any atom is 0.138 e. The van der Waals surface area contributed by atoms with Gasteiger partial charge in [0.25, 0.3) is 0 Å². The molecule has 0 aliphatic heterocycles. The number of aliphatic hydroxyl groups is 1. The van der Waals surface area contributed by atoms with Crippen LogP contribution in [0.1, 0.15) is 6.92 Å². The van der Waals surface area contributed by atoms with E-state index in [9.17, 15) is 5.11 Å². The fourth-order valence-corrected chi connectivity index (χ4v) is 1.37. The minimum absolute atomic E-state index is 0.0648. The van der Waals surface area contributed by atoms with Gasteiger partial charge < -0.3 is 15.2 Å². The number of hydrogen-bond donors (Lipinski definition) is 2. The number of aliphatic hydroxyl groups excluding tert-OH is 1. The summed E-state index contributed by atoms with van der Waals surface area (Å²) in [6.07, 6.45) is 4.58. The van der Waals surface area contributed by atoms with Crippen molar-refractivity contribution in [3.8, 4) is 18.1 Å². The minimum atomic E-state index is -0.623. The summed E-state index contributed by atoms with van der Waals surface area (Å²) in [6.45, 7) is 2.41. The molecule has 2 N–H and O–H groups in total. The van der Waals surface area contributed by atoms with Crippen LogP contribution in [0.2, 0.25) is 5.02 Å². The molecule has 1 aromatic rings. The molecule has 0 aliphatic rings. The fourth-order valence-electron chi connectivity index (χ4n) is 1.18. The van der Waals surface area contributed by atoms with E-state index in [1.165, 1.54) is 0 Å². The molecule has 0 aliphatic carbocycles. The number of ether oxygens (including phenoxy) is 1. The summed E-state index contributed by atoms with van der Waals surface area (Å²) < 4.78 is 5.39. The zero-order valence-electron chi connectivity index (χ0n) is 9.69. The van der Waals surface area contributed by atoms with Crippen molar-refractivity contribution in [1.82, 2.24) is 5.32 Å². The molecule has 92 valence electrons. The van der Waals surface area contributed by atoms with Crippen LogP contribution in [0, 0.1) is 12.3 Å². The van der Waals surface area contributed by atoms with Crippen molar-refractivity contribution in [2.75, 3.05) is 13.2 Å². The van der Waals surface area contributed by atoms with Crippen molar-refractivity contribution in [3.63, 3.8) is 0 Å². The highest BCUT2D eigenvalue weighted by Gasteiger charge is 2.07. The summed E-state index contributed by atoms with van der Waals surface area (Å²) >= 11 is 5.91. The highest BCUT2D eigenvalue weighted by molar-refractivity contribution is 6.32. The Labute approximate surface area is 107 Å². The van der Waals surface area contributed by atoms with E-state index in [0.717, 1.165) is 0 Å². The average Bonchev–Trinajstić information content (AvgIpc) is 2.35. The smallest absolute Gasteiger partial charge is 0.138 e. The number of hydrogen-bond acceptors (Lipinski definition) is 3. The first kappa shape index (κ1) is 13.9. The molecule has 4 heteroatoms. The van der Waals surface area contributed by atoms with Crippen molar-refractivity contribution in [2.24, 2.45) is 0 Å².